The van der Waals surface area contributed by atoms with Crippen molar-refractivity contribution in [2.45, 2.75) is 26.3 Å². The quantitative estimate of drug-likeness (QED) is 0.288. The zero-order chi connectivity index (χ0) is 26.7. The zero-order valence-corrected chi connectivity index (χ0v) is 22.3. The van der Waals surface area contributed by atoms with E-state index in [2.05, 4.69) is 50.0 Å². The lowest BCUT2D eigenvalue weighted by molar-refractivity contribution is 0.197. The molecule has 1 atom stereocenters. The summed E-state index contributed by atoms with van der Waals surface area (Å²) < 4.78 is 11.6. The fourth-order valence-electron chi connectivity index (χ4n) is 3.94. The number of likely N-dealkylation sites (N-methyl/N-ethyl adjacent to an activating group) is 1. The average molecular weight is 540 g/mol. The van der Waals surface area contributed by atoms with Crippen molar-refractivity contribution in [1.82, 2.24) is 25.5 Å². The zero-order valence-electron chi connectivity index (χ0n) is 21.5. The number of hydrogen-bond acceptors (Lipinski definition) is 9. The lowest BCUT2D eigenvalue weighted by Gasteiger charge is -2.18. The molecule has 0 unspecified atom stereocenters. The largest absolute Gasteiger partial charge is 0.492 e. The van der Waals surface area contributed by atoms with Gasteiger partial charge in [0.05, 0.1) is 6.20 Å². The third-order valence-electron chi connectivity index (χ3n) is 6.00. The van der Waals surface area contributed by atoms with E-state index in [-0.39, 0.29) is 11.8 Å². The van der Waals surface area contributed by atoms with Gasteiger partial charge in [-0.25, -0.2) is 14.6 Å². The minimum atomic E-state index is -0.575. The van der Waals surface area contributed by atoms with Gasteiger partial charge in [0.25, 0.3) is 0 Å². The Morgan fingerprint density at radius 3 is 2.79 bits per heavy atom. The molecule has 2 aromatic heterocycles. The third-order valence-corrected chi connectivity index (χ3v) is 7.08. The SMILES string of the molecule is CCN(CC)CCOc1cccc(-c2cc(OC(=O)N[C@H]3CCNC3)c(NC(=O)Nc3cnccn3)s2)c1. The summed E-state index contributed by atoms with van der Waals surface area (Å²) in [6.45, 7) is 9.16. The van der Waals surface area contributed by atoms with E-state index in [1.807, 2.05) is 24.3 Å². The van der Waals surface area contributed by atoms with Crippen molar-refractivity contribution in [3.05, 3.63) is 48.9 Å². The van der Waals surface area contributed by atoms with E-state index in [1.165, 1.54) is 29.9 Å². The van der Waals surface area contributed by atoms with Crippen LogP contribution in [-0.4, -0.2) is 72.4 Å². The van der Waals surface area contributed by atoms with Crippen LogP contribution >= 0.6 is 11.3 Å². The lowest BCUT2D eigenvalue weighted by Crippen LogP contribution is -2.38. The number of aromatic nitrogens is 2. The van der Waals surface area contributed by atoms with E-state index in [9.17, 15) is 9.59 Å². The number of thiophene rings is 1. The number of carbonyl (C=O) groups is 2. The number of urea groups is 1. The standard InChI is InChI=1S/C26H33N7O4S/c1-3-33(4-2)12-13-36-20-7-5-6-18(14-20)22-15-21(37-26(35)30-19-8-9-27-16-19)24(38-22)32-25(34)31-23-17-28-10-11-29-23/h5-7,10-11,14-15,17,19,27H,3-4,8-9,12-13,16H2,1-2H3,(H,30,35)(H2,29,31,32,34)/t19-/m0/s1. The summed E-state index contributed by atoms with van der Waals surface area (Å²) in [6, 6.07) is 8.92. The van der Waals surface area contributed by atoms with Crippen molar-refractivity contribution in [2.24, 2.45) is 0 Å². The molecule has 0 aliphatic carbocycles. The molecule has 3 heterocycles. The molecular weight excluding hydrogens is 506 g/mol. The van der Waals surface area contributed by atoms with Gasteiger partial charge in [-0.2, -0.15) is 0 Å². The molecule has 1 saturated heterocycles. The van der Waals surface area contributed by atoms with Gasteiger partial charge in [0.1, 0.15) is 17.4 Å². The fourth-order valence-corrected chi connectivity index (χ4v) is 4.91. The van der Waals surface area contributed by atoms with Crippen molar-refractivity contribution >= 4 is 34.3 Å². The van der Waals surface area contributed by atoms with Crippen LogP contribution in [0.3, 0.4) is 0 Å². The number of nitrogens with one attached hydrogen (secondary N) is 4. The second kappa shape index (κ2) is 13.7. The molecular formula is C26H33N7O4S. The summed E-state index contributed by atoms with van der Waals surface area (Å²) in [6.07, 6.45) is 4.68. The molecule has 202 valence electrons. The maximum absolute atomic E-state index is 12.6. The van der Waals surface area contributed by atoms with Crippen molar-refractivity contribution in [1.29, 1.82) is 0 Å². The van der Waals surface area contributed by atoms with Crippen LogP contribution in [0.1, 0.15) is 20.3 Å². The Bertz CT molecular complexity index is 1200. The first-order valence-corrected chi connectivity index (χ1v) is 13.5. The lowest BCUT2D eigenvalue weighted by atomic mass is 10.2. The second-order valence-corrected chi connectivity index (χ2v) is 9.65. The third kappa shape index (κ3) is 7.88. The number of hydrogen-bond donors (Lipinski definition) is 4. The highest BCUT2D eigenvalue weighted by atomic mass is 32.1. The number of rotatable bonds is 11. The van der Waals surface area contributed by atoms with E-state index in [4.69, 9.17) is 9.47 Å². The van der Waals surface area contributed by atoms with Gasteiger partial charge in [0.15, 0.2) is 11.6 Å². The summed E-state index contributed by atoms with van der Waals surface area (Å²) in [5.74, 6) is 1.28. The smallest absolute Gasteiger partial charge is 0.412 e. The molecule has 4 rings (SSSR count). The number of amides is 3. The molecule has 0 radical (unpaired) electrons. The van der Waals surface area contributed by atoms with Crippen molar-refractivity contribution in [2.75, 3.05) is 50.0 Å². The van der Waals surface area contributed by atoms with Gasteiger partial charge >= 0.3 is 12.1 Å². The van der Waals surface area contributed by atoms with E-state index in [0.717, 1.165) is 48.8 Å². The predicted octanol–water partition coefficient (Wildman–Crippen LogP) is 4.02. The molecule has 11 nitrogen and oxygen atoms in total. The van der Waals surface area contributed by atoms with Crippen LogP contribution in [0.4, 0.5) is 20.4 Å². The van der Waals surface area contributed by atoms with Gasteiger partial charge in [-0.3, -0.25) is 15.6 Å². The highest BCUT2D eigenvalue weighted by Gasteiger charge is 2.21. The molecule has 3 aromatic rings. The van der Waals surface area contributed by atoms with Crippen molar-refractivity contribution in [3.8, 4) is 21.9 Å². The average Bonchev–Trinajstić information content (AvgIpc) is 3.57. The monoisotopic (exact) mass is 539 g/mol. The number of nitrogens with zero attached hydrogens (tertiary/aromatic N) is 3. The Kier molecular flexibility index (Phi) is 9.84. The number of anilines is 2. The van der Waals surface area contributed by atoms with Gasteiger partial charge in [-0.1, -0.05) is 26.0 Å². The highest BCUT2D eigenvalue weighted by molar-refractivity contribution is 7.20. The Balaban J connectivity index is 1.49. The first-order valence-electron chi connectivity index (χ1n) is 12.7. The molecule has 4 N–H and O–H groups in total. The Hall–Kier alpha value is -3.74. The normalized spacial score (nSPS) is 14.8. The Morgan fingerprint density at radius 2 is 2.05 bits per heavy atom. The van der Waals surface area contributed by atoms with Crippen LogP contribution in [0.2, 0.25) is 0 Å². The number of carbonyl (C=O) groups excluding carboxylic acids is 2. The van der Waals surface area contributed by atoms with E-state index < -0.39 is 12.1 Å². The summed E-state index contributed by atoms with van der Waals surface area (Å²) >= 11 is 1.29. The van der Waals surface area contributed by atoms with Gasteiger partial charge < -0.3 is 25.0 Å². The van der Waals surface area contributed by atoms with Crippen molar-refractivity contribution in [3.63, 3.8) is 0 Å². The maximum atomic E-state index is 12.6. The first-order chi connectivity index (χ1) is 18.5. The molecule has 1 fully saturated rings. The number of ether oxygens (including phenoxy) is 2. The van der Waals surface area contributed by atoms with Gasteiger partial charge in [0, 0.05) is 42.5 Å². The van der Waals surface area contributed by atoms with Gasteiger partial charge in [0.2, 0.25) is 0 Å². The molecule has 12 heteroatoms. The van der Waals surface area contributed by atoms with Crippen LogP contribution < -0.4 is 30.7 Å². The summed E-state index contributed by atoms with van der Waals surface area (Å²) in [5.41, 5.74) is 0.878. The molecule has 0 bridgehead atoms. The molecule has 3 amide bonds. The Morgan fingerprint density at radius 1 is 1.18 bits per heavy atom. The van der Waals surface area contributed by atoms with Crippen LogP contribution in [-0.2, 0) is 0 Å². The van der Waals surface area contributed by atoms with E-state index >= 15 is 0 Å². The topological polar surface area (TPSA) is 130 Å². The minimum absolute atomic E-state index is 0.00198. The van der Waals surface area contributed by atoms with E-state index in [0.29, 0.717) is 24.0 Å². The summed E-state index contributed by atoms with van der Waals surface area (Å²) in [7, 11) is 0. The maximum Gasteiger partial charge on any atom is 0.412 e. The van der Waals surface area contributed by atoms with Gasteiger partial charge in [-0.15, -0.1) is 11.3 Å². The number of benzene rings is 1. The highest BCUT2D eigenvalue weighted by Crippen LogP contribution is 2.41. The molecule has 1 aliphatic heterocycles. The molecule has 0 saturated carbocycles. The van der Waals surface area contributed by atoms with Crippen LogP contribution in [0.15, 0.2) is 48.9 Å². The van der Waals surface area contributed by atoms with Crippen LogP contribution in [0.25, 0.3) is 10.4 Å². The first kappa shape index (κ1) is 27.3. The summed E-state index contributed by atoms with van der Waals surface area (Å²) in [5, 5.41) is 11.8. The Labute approximate surface area is 226 Å². The van der Waals surface area contributed by atoms with E-state index in [1.54, 1.807) is 6.07 Å². The summed E-state index contributed by atoms with van der Waals surface area (Å²) in [4.78, 5) is 36.3. The minimum Gasteiger partial charge on any atom is -0.492 e. The molecule has 1 aromatic carbocycles. The molecule has 0 spiro atoms. The second-order valence-electron chi connectivity index (χ2n) is 8.60. The predicted molar refractivity (Wildman–Crippen MR) is 148 cm³/mol. The van der Waals surface area contributed by atoms with Crippen molar-refractivity contribution < 1.29 is 19.1 Å². The molecule has 38 heavy (non-hydrogen) atoms. The van der Waals surface area contributed by atoms with Crippen LogP contribution in [0, 0.1) is 0 Å². The molecule has 1 aliphatic rings. The fraction of sp³-hybridized carbons (Fsp3) is 0.385. The van der Waals surface area contributed by atoms with Crippen LogP contribution in [0.5, 0.6) is 11.5 Å². The van der Waals surface area contributed by atoms with Gasteiger partial charge in [-0.05, 0) is 43.8 Å².